The Morgan fingerprint density at radius 3 is 2.83 bits per heavy atom. The van der Waals surface area contributed by atoms with Gasteiger partial charge in [-0.3, -0.25) is 0 Å². The molecule has 0 amide bonds. The predicted molar refractivity (Wildman–Crippen MR) is 53.9 cm³/mol. The van der Waals surface area contributed by atoms with Gasteiger partial charge in [0.25, 0.3) is 0 Å². The average Bonchev–Trinajstić information content (AvgIpc) is 2.01. The van der Waals surface area contributed by atoms with Crippen molar-refractivity contribution >= 4 is 33.2 Å². The third-order valence-corrected chi connectivity index (χ3v) is 2.48. The van der Waals surface area contributed by atoms with Crippen molar-refractivity contribution in [3.63, 3.8) is 0 Å². The number of hydrogen-bond donors (Lipinski definition) is 1. The molecule has 0 unspecified atom stereocenters. The summed E-state index contributed by atoms with van der Waals surface area (Å²) in [7, 11) is 0. The number of nitrogens with zero attached hydrogens (tertiary/aromatic N) is 1. The van der Waals surface area contributed by atoms with Crippen LogP contribution in [0.4, 0.5) is 5.69 Å². The Kier molecular flexibility index (Phi) is 2.96. The summed E-state index contributed by atoms with van der Waals surface area (Å²) in [6.45, 7) is 7.01. The molecule has 0 aliphatic rings. The van der Waals surface area contributed by atoms with E-state index in [1.165, 1.54) is 0 Å². The molecule has 0 aromatic heterocycles. The van der Waals surface area contributed by atoms with E-state index in [1.807, 2.05) is 0 Å². The van der Waals surface area contributed by atoms with Gasteiger partial charge in [0.1, 0.15) is 0 Å². The first kappa shape index (κ1) is 9.37. The summed E-state index contributed by atoms with van der Waals surface area (Å²) in [5.41, 5.74) is 6.94. The lowest BCUT2D eigenvalue weighted by Gasteiger charge is -2.01. The van der Waals surface area contributed by atoms with Crippen molar-refractivity contribution in [2.24, 2.45) is 0 Å². The fourth-order valence-electron chi connectivity index (χ4n) is 0.810. The molecule has 1 aromatic carbocycles. The Morgan fingerprint density at radius 1 is 1.58 bits per heavy atom. The van der Waals surface area contributed by atoms with Gasteiger partial charge in [0.05, 0.1) is 10.7 Å². The average molecular weight is 246 g/mol. The van der Waals surface area contributed by atoms with E-state index in [4.69, 9.17) is 23.9 Å². The molecule has 62 valence electrons. The molecule has 0 aliphatic carbocycles. The van der Waals surface area contributed by atoms with E-state index in [1.54, 1.807) is 12.1 Å². The number of halogens is 2. The van der Waals surface area contributed by atoms with E-state index in [9.17, 15) is 0 Å². The molecule has 0 saturated heterocycles. The molecule has 0 saturated carbocycles. The highest BCUT2D eigenvalue weighted by Gasteiger charge is 2.05. The van der Waals surface area contributed by atoms with Crippen LogP contribution in [0.15, 0.2) is 16.6 Å². The van der Waals surface area contributed by atoms with Gasteiger partial charge in [0, 0.05) is 10.0 Å². The third-order valence-electron chi connectivity index (χ3n) is 1.42. The van der Waals surface area contributed by atoms with Crippen LogP contribution < -0.4 is 5.73 Å². The smallest absolute Gasteiger partial charge is 0.240 e. The number of hydrogen-bond acceptors (Lipinski definition) is 1. The minimum absolute atomic E-state index is 0.320. The third kappa shape index (κ3) is 1.90. The van der Waals surface area contributed by atoms with Gasteiger partial charge in [-0.05, 0) is 12.1 Å². The second-order valence-electron chi connectivity index (χ2n) is 2.28. The van der Waals surface area contributed by atoms with Crippen LogP contribution in [0.2, 0.25) is 5.02 Å². The van der Waals surface area contributed by atoms with E-state index in [2.05, 4.69) is 20.8 Å². The molecule has 1 rings (SSSR count). The second-order valence-corrected chi connectivity index (χ2v) is 3.54. The topological polar surface area (TPSA) is 30.4 Å². The SMILES string of the molecule is [C-]#[N+]Cc1cc(Cl)c(N)cc1Br. The van der Waals surface area contributed by atoms with Gasteiger partial charge in [-0.25, -0.2) is 6.57 Å². The molecule has 4 heteroatoms. The molecule has 0 radical (unpaired) electrons. The molecule has 0 bridgehead atoms. The maximum absolute atomic E-state index is 6.69. The molecule has 1 aromatic rings. The van der Waals surface area contributed by atoms with Crippen molar-refractivity contribution in [2.75, 3.05) is 5.73 Å². The maximum Gasteiger partial charge on any atom is 0.240 e. The molecule has 0 heterocycles. The van der Waals surface area contributed by atoms with Crippen LogP contribution in [-0.4, -0.2) is 0 Å². The van der Waals surface area contributed by atoms with E-state index in [-0.39, 0.29) is 0 Å². The largest absolute Gasteiger partial charge is 0.397 e. The molecule has 2 N–H and O–H groups in total. The van der Waals surface area contributed by atoms with Crippen LogP contribution in [0.1, 0.15) is 5.56 Å². The summed E-state index contributed by atoms with van der Waals surface area (Å²) in [6.07, 6.45) is 0. The van der Waals surface area contributed by atoms with Crippen LogP contribution >= 0.6 is 27.5 Å². The lowest BCUT2D eigenvalue weighted by molar-refractivity contribution is 1.25. The van der Waals surface area contributed by atoms with Crippen LogP contribution in [0.25, 0.3) is 4.85 Å². The molecule has 0 atom stereocenters. The van der Waals surface area contributed by atoms with Gasteiger partial charge in [0.15, 0.2) is 0 Å². The zero-order chi connectivity index (χ0) is 9.14. The van der Waals surface area contributed by atoms with Crippen LogP contribution in [0.3, 0.4) is 0 Å². The molecule has 0 fully saturated rings. The summed E-state index contributed by atoms with van der Waals surface area (Å²) >= 11 is 9.07. The van der Waals surface area contributed by atoms with E-state index < -0.39 is 0 Å². The van der Waals surface area contributed by atoms with Crippen molar-refractivity contribution in [2.45, 2.75) is 6.54 Å². The monoisotopic (exact) mass is 244 g/mol. The first-order valence-electron chi connectivity index (χ1n) is 3.21. The molecule has 2 nitrogen and oxygen atoms in total. The van der Waals surface area contributed by atoms with Gasteiger partial charge in [-0.15, -0.1) is 0 Å². The fraction of sp³-hybridized carbons (Fsp3) is 0.125. The summed E-state index contributed by atoms with van der Waals surface area (Å²) in [5.74, 6) is 0. The van der Waals surface area contributed by atoms with Gasteiger partial charge >= 0.3 is 0 Å². The van der Waals surface area contributed by atoms with E-state index >= 15 is 0 Å². The quantitative estimate of drug-likeness (QED) is 0.598. The van der Waals surface area contributed by atoms with Crippen LogP contribution in [-0.2, 0) is 6.54 Å². The lowest BCUT2D eigenvalue weighted by atomic mass is 10.2. The van der Waals surface area contributed by atoms with E-state index in [0.29, 0.717) is 17.3 Å². The Labute approximate surface area is 84.3 Å². The zero-order valence-electron chi connectivity index (χ0n) is 6.14. The van der Waals surface area contributed by atoms with Gasteiger partial charge in [0.2, 0.25) is 6.54 Å². The lowest BCUT2D eigenvalue weighted by Crippen LogP contribution is -1.89. The molecular formula is C8H6BrClN2. The number of anilines is 1. The standard InChI is InChI=1S/C8H6BrClN2/c1-12-4-5-2-7(10)8(11)3-6(5)9/h2-3H,4,11H2. The minimum atomic E-state index is 0.320. The van der Waals surface area contributed by atoms with Crippen molar-refractivity contribution in [1.82, 2.24) is 0 Å². The Bertz CT molecular complexity index is 344. The second kappa shape index (κ2) is 3.79. The van der Waals surface area contributed by atoms with Gasteiger partial charge in [-0.2, -0.15) is 0 Å². The molecule has 0 aliphatic heterocycles. The highest BCUT2D eigenvalue weighted by molar-refractivity contribution is 9.10. The summed E-state index contributed by atoms with van der Waals surface area (Å²) in [6, 6.07) is 3.42. The zero-order valence-corrected chi connectivity index (χ0v) is 8.48. The van der Waals surface area contributed by atoms with Crippen molar-refractivity contribution < 1.29 is 0 Å². The Hall–Kier alpha value is -0.720. The summed E-state index contributed by atoms with van der Waals surface area (Å²) in [4.78, 5) is 3.26. The van der Waals surface area contributed by atoms with E-state index in [0.717, 1.165) is 10.0 Å². The first-order chi connectivity index (χ1) is 5.65. The highest BCUT2D eigenvalue weighted by atomic mass is 79.9. The van der Waals surface area contributed by atoms with Crippen molar-refractivity contribution in [3.8, 4) is 0 Å². The maximum atomic E-state index is 6.69. The normalized spacial score (nSPS) is 9.42. The number of nitrogen functional groups attached to an aromatic ring is 1. The Balaban J connectivity index is 3.16. The Morgan fingerprint density at radius 2 is 2.25 bits per heavy atom. The van der Waals surface area contributed by atoms with Crippen LogP contribution in [0, 0.1) is 6.57 Å². The summed E-state index contributed by atoms with van der Waals surface area (Å²) < 4.78 is 0.834. The van der Waals surface area contributed by atoms with Crippen molar-refractivity contribution in [1.29, 1.82) is 0 Å². The molecule has 12 heavy (non-hydrogen) atoms. The molecule has 0 spiro atoms. The highest BCUT2D eigenvalue weighted by Crippen LogP contribution is 2.27. The summed E-state index contributed by atoms with van der Waals surface area (Å²) in [5, 5.41) is 0.497. The number of rotatable bonds is 1. The minimum Gasteiger partial charge on any atom is -0.397 e. The number of nitrogens with two attached hydrogens (primary N) is 1. The van der Waals surface area contributed by atoms with Crippen LogP contribution in [0.5, 0.6) is 0 Å². The first-order valence-corrected chi connectivity index (χ1v) is 4.39. The number of benzene rings is 1. The predicted octanol–water partition coefficient (Wildman–Crippen LogP) is 3.10. The van der Waals surface area contributed by atoms with Gasteiger partial charge < -0.3 is 10.6 Å². The van der Waals surface area contributed by atoms with Gasteiger partial charge in [-0.1, -0.05) is 27.5 Å². The van der Waals surface area contributed by atoms with Crippen molar-refractivity contribution in [3.05, 3.63) is 38.6 Å². The fourth-order valence-corrected chi connectivity index (χ4v) is 1.48. The molecular weight excluding hydrogens is 239 g/mol.